The number of amides is 1. The maximum absolute atomic E-state index is 12.0. The van der Waals surface area contributed by atoms with E-state index >= 15 is 0 Å². The highest BCUT2D eigenvalue weighted by Gasteiger charge is 2.16. The molecule has 1 amide bonds. The van der Waals surface area contributed by atoms with Crippen LogP contribution in [-0.4, -0.2) is 28.5 Å². The van der Waals surface area contributed by atoms with Crippen LogP contribution >= 0.6 is 0 Å². The van der Waals surface area contributed by atoms with Gasteiger partial charge < -0.3 is 10.4 Å². The van der Waals surface area contributed by atoms with E-state index in [-0.39, 0.29) is 18.2 Å². The predicted molar refractivity (Wildman–Crippen MR) is 76.5 cm³/mol. The van der Waals surface area contributed by atoms with Gasteiger partial charge in [-0.25, -0.2) is 0 Å². The van der Waals surface area contributed by atoms with Crippen LogP contribution in [0.25, 0.3) is 0 Å². The molecule has 1 aromatic heterocycles. The summed E-state index contributed by atoms with van der Waals surface area (Å²) in [7, 11) is 0. The first-order chi connectivity index (χ1) is 9.38. The SMILES string of the molecule is Cc1cncc(C(=O)NCC(CC(=O)O)CC(C)C)c1. The second-order valence-corrected chi connectivity index (χ2v) is 5.55. The molecule has 0 spiro atoms. The van der Waals surface area contributed by atoms with E-state index in [2.05, 4.69) is 10.3 Å². The first kappa shape index (κ1) is 16.1. The number of aliphatic carboxylic acids is 1. The lowest BCUT2D eigenvalue weighted by atomic mass is 9.94. The minimum absolute atomic E-state index is 0.0470. The van der Waals surface area contributed by atoms with Gasteiger partial charge in [0, 0.05) is 25.4 Å². The van der Waals surface area contributed by atoms with Crippen LogP contribution in [0.3, 0.4) is 0 Å². The number of carboxylic acid groups (broad SMARTS) is 1. The molecule has 0 radical (unpaired) electrons. The van der Waals surface area contributed by atoms with Gasteiger partial charge in [0.1, 0.15) is 0 Å². The monoisotopic (exact) mass is 278 g/mol. The van der Waals surface area contributed by atoms with E-state index in [0.717, 1.165) is 12.0 Å². The van der Waals surface area contributed by atoms with Crippen molar-refractivity contribution in [2.75, 3.05) is 6.54 Å². The Hall–Kier alpha value is -1.91. The van der Waals surface area contributed by atoms with Gasteiger partial charge >= 0.3 is 5.97 Å². The van der Waals surface area contributed by atoms with Crippen molar-refractivity contribution in [2.45, 2.75) is 33.6 Å². The summed E-state index contributed by atoms with van der Waals surface area (Å²) >= 11 is 0. The third-order valence-electron chi connectivity index (χ3n) is 2.96. The molecule has 1 heterocycles. The van der Waals surface area contributed by atoms with Crippen molar-refractivity contribution in [1.82, 2.24) is 10.3 Å². The van der Waals surface area contributed by atoms with Crippen molar-refractivity contribution in [2.24, 2.45) is 11.8 Å². The molecular formula is C15H22N2O3. The highest BCUT2D eigenvalue weighted by atomic mass is 16.4. The molecule has 5 nitrogen and oxygen atoms in total. The summed E-state index contributed by atoms with van der Waals surface area (Å²) in [6.07, 6.45) is 4.04. The molecule has 0 saturated heterocycles. The Kier molecular flexibility index (Phi) is 6.15. The van der Waals surface area contributed by atoms with Gasteiger partial charge in [-0.15, -0.1) is 0 Å². The third kappa shape index (κ3) is 5.82. The average Bonchev–Trinajstić information content (AvgIpc) is 2.34. The standard InChI is InChI=1S/C15H22N2O3/c1-10(2)4-12(6-14(18)19)8-17-15(20)13-5-11(3)7-16-9-13/h5,7,9-10,12H,4,6,8H2,1-3H3,(H,17,20)(H,18,19). The Morgan fingerprint density at radius 1 is 1.35 bits per heavy atom. The summed E-state index contributed by atoms with van der Waals surface area (Å²) < 4.78 is 0. The maximum Gasteiger partial charge on any atom is 0.303 e. The van der Waals surface area contributed by atoms with E-state index in [9.17, 15) is 9.59 Å². The van der Waals surface area contributed by atoms with Gasteiger partial charge in [0.05, 0.1) is 5.56 Å². The summed E-state index contributed by atoms with van der Waals surface area (Å²) in [6, 6.07) is 1.76. The maximum atomic E-state index is 12.0. The van der Waals surface area contributed by atoms with Crippen LogP contribution in [0.5, 0.6) is 0 Å². The van der Waals surface area contributed by atoms with Crippen LogP contribution < -0.4 is 5.32 Å². The van der Waals surface area contributed by atoms with Crippen molar-refractivity contribution in [1.29, 1.82) is 0 Å². The lowest BCUT2D eigenvalue weighted by Crippen LogP contribution is -2.31. The third-order valence-corrected chi connectivity index (χ3v) is 2.96. The number of nitrogens with zero attached hydrogens (tertiary/aromatic N) is 1. The number of aryl methyl sites for hydroxylation is 1. The molecular weight excluding hydrogens is 256 g/mol. The van der Waals surface area contributed by atoms with Crippen molar-refractivity contribution in [3.8, 4) is 0 Å². The van der Waals surface area contributed by atoms with Gasteiger partial charge in [0.2, 0.25) is 0 Å². The lowest BCUT2D eigenvalue weighted by Gasteiger charge is -2.17. The molecule has 1 rings (SSSR count). The van der Waals surface area contributed by atoms with E-state index < -0.39 is 5.97 Å². The summed E-state index contributed by atoms with van der Waals surface area (Å²) in [4.78, 5) is 26.8. The van der Waals surface area contributed by atoms with Crippen molar-refractivity contribution < 1.29 is 14.7 Å². The Morgan fingerprint density at radius 2 is 2.05 bits per heavy atom. The zero-order valence-corrected chi connectivity index (χ0v) is 12.2. The largest absolute Gasteiger partial charge is 0.481 e. The molecule has 110 valence electrons. The number of hydrogen-bond donors (Lipinski definition) is 2. The van der Waals surface area contributed by atoms with Crippen LogP contribution in [0.4, 0.5) is 0 Å². The number of rotatable bonds is 7. The zero-order valence-electron chi connectivity index (χ0n) is 12.2. The zero-order chi connectivity index (χ0) is 15.1. The van der Waals surface area contributed by atoms with Gasteiger partial charge in [-0.1, -0.05) is 13.8 Å². The molecule has 0 aliphatic heterocycles. The number of aromatic nitrogens is 1. The van der Waals surface area contributed by atoms with Crippen molar-refractivity contribution in [3.63, 3.8) is 0 Å². The molecule has 0 bridgehead atoms. The van der Waals surface area contributed by atoms with E-state index in [1.807, 2.05) is 20.8 Å². The molecule has 0 aromatic carbocycles. The molecule has 2 N–H and O–H groups in total. The quantitative estimate of drug-likeness (QED) is 0.801. The molecule has 0 saturated carbocycles. The van der Waals surface area contributed by atoms with E-state index in [1.54, 1.807) is 12.3 Å². The Balaban J connectivity index is 2.57. The van der Waals surface area contributed by atoms with Gasteiger partial charge in [0.15, 0.2) is 0 Å². The van der Waals surface area contributed by atoms with Crippen LogP contribution in [0.1, 0.15) is 42.6 Å². The molecule has 20 heavy (non-hydrogen) atoms. The molecule has 0 aliphatic rings. The normalized spacial score (nSPS) is 12.2. The second-order valence-electron chi connectivity index (χ2n) is 5.55. The minimum atomic E-state index is -0.831. The average molecular weight is 278 g/mol. The lowest BCUT2D eigenvalue weighted by molar-refractivity contribution is -0.138. The highest BCUT2D eigenvalue weighted by Crippen LogP contribution is 2.15. The summed E-state index contributed by atoms with van der Waals surface area (Å²) in [5, 5.41) is 11.7. The second kappa shape index (κ2) is 7.62. The molecule has 0 aliphatic carbocycles. The van der Waals surface area contributed by atoms with E-state index in [1.165, 1.54) is 6.20 Å². The number of carboxylic acids is 1. The van der Waals surface area contributed by atoms with E-state index in [4.69, 9.17) is 5.11 Å². The molecule has 1 atom stereocenters. The number of carbonyl (C=O) groups excluding carboxylic acids is 1. The first-order valence-electron chi connectivity index (χ1n) is 6.80. The highest BCUT2D eigenvalue weighted by molar-refractivity contribution is 5.94. The van der Waals surface area contributed by atoms with Gasteiger partial charge in [-0.05, 0) is 36.8 Å². The predicted octanol–water partition coefficient (Wildman–Crippen LogP) is 2.26. The minimum Gasteiger partial charge on any atom is -0.481 e. The number of pyridine rings is 1. The number of carbonyl (C=O) groups is 2. The van der Waals surface area contributed by atoms with Crippen LogP contribution in [-0.2, 0) is 4.79 Å². The van der Waals surface area contributed by atoms with Crippen LogP contribution in [0.15, 0.2) is 18.5 Å². The fraction of sp³-hybridized carbons (Fsp3) is 0.533. The van der Waals surface area contributed by atoms with Crippen LogP contribution in [0, 0.1) is 18.8 Å². The van der Waals surface area contributed by atoms with Crippen molar-refractivity contribution in [3.05, 3.63) is 29.6 Å². The number of nitrogens with one attached hydrogen (secondary N) is 1. The molecule has 1 unspecified atom stereocenters. The smallest absolute Gasteiger partial charge is 0.303 e. The summed E-state index contributed by atoms with van der Waals surface area (Å²) in [5.74, 6) is -0.687. The van der Waals surface area contributed by atoms with Gasteiger partial charge in [-0.2, -0.15) is 0 Å². The topological polar surface area (TPSA) is 79.3 Å². The van der Waals surface area contributed by atoms with Gasteiger partial charge in [0.25, 0.3) is 5.91 Å². The fourth-order valence-corrected chi connectivity index (χ4v) is 2.17. The van der Waals surface area contributed by atoms with E-state index in [0.29, 0.717) is 18.0 Å². The molecule has 0 fully saturated rings. The summed E-state index contributed by atoms with van der Waals surface area (Å²) in [6.45, 7) is 6.33. The Labute approximate surface area is 119 Å². The first-order valence-corrected chi connectivity index (χ1v) is 6.80. The van der Waals surface area contributed by atoms with Crippen molar-refractivity contribution >= 4 is 11.9 Å². The fourth-order valence-electron chi connectivity index (χ4n) is 2.17. The summed E-state index contributed by atoms with van der Waals surface area (Å²) in [5.41, 5.74) is 1.42. The number of hydrogen-bond acceptors (Lipinski definition) is 3. The Bertz CT molecular complexity index is 472. The van der Waals surface area contributed by atoms with Crippen LogP contribution in [0.2, 0.25) is 0 Å². The molecule has 5 heteroatoms. The Morgan fingerprint density at radius 3 is 2.60 bits per heavy atom. The molecule has 1 aromatic rings. The van der Waals surface area contributed by atoms with Gasteiger partial charge in [-0.3, -0.25) is 14.6 Å².